The summed E-state index contributed by atoms with van der Waals surface area (Å²) in [5.74, 6) is -0.730. The molecule has 8 heteroatoms. The van der Waals surface area contributed by atoms with Gasteiger partial charge >= 0.3 is 0 Å². The number of hydrogen-bond donors (Lipinski definition) is 3. The van der Waals surface area contributed by atoms with Crippen molar-refractivity contribution in [1.29, 1.82) is 0 Å². The molecule has 0 atom stereocenters. The lowest BCUT2D eigenvalue weighted by molar-refractivity contribution is -0.131. The van der Waals surface area contributed by atoms with Crippen LogP contribution in [0, 0.1) is 12.3 Å². The summed E-state index contributed by atoms with van der Waals surface area (Å²) in [6.07, 6.45) is 1.52. The van der Waals surface area contributed by atoms with E-state index < -0.39 is 21.3 Å². The minimum absolute atomic E-state index is 0.108. The molecule has 0 radical (unpaired) electrons. The van der Waals surface area contributed by atoms with E-state index >= 15 is 0 Å². The van der Waals surface area contributed by atoms with E-state index in [1.807, 2.05) is 55.5 Å². The van der Waals surface area contributed by atoms with Crippen LogP contribution in [0.1, 0.15) is 24.0 Å². The molecule has 2 amide bonds. The highest BCUT2D eigenvalue weighted by atomic mass is 32.2. The average Bonchev–Trinajstić information content (AvgIpc) is 3.62. The molecule has 34 heavy (non-hydrogen) atoms. The van der Waals surface area contributed by atoms with Gasteiger partial charge in [-0.3, -0.25) is 9.59 Å². The first-order chi connectivity index (χ1) is 16.3. The zero-order chi connectivity index (χ0) is 24.2. The van der Waals surface area contributed by atoms with E-state index in [0.717, 1.165) is 11.1 Å². The van der Waals surface area contributed by atoms with Crippen LogP contribution in [0.25, 0.3) is 0 Å². The van der Waals surface area contributed by atoms with Crippen molar-refractivity contribution in [2.75, 3.05) is 17.2 Å². The maximum atomic E-state index is 12.9. The van der Waals surface area contributed by atoms with Gasteiger partial charge in [0.1, 0.15) is 5.41 Å². The van der Waals surface area contributed by atoms with Crippen molar-refractivity contribution in [2.24, 2.45) is 5.41 Å². The molecule has 176 valence electrons. The van der Waals surface area contributed by atoms with Crippen molar-refractivity contribution in [3.63, 3.8) is 0 Å². The summed E-state index contributed by atoms with van der Waals surface area (Å²) in [4.78, 5) is 25.7. The first kappa shape index (κ1) is 23.7. The van der Waals surface area contributed by atoms with E-state index in [0.29, 0.717) is 30.6 Å². The summed E-state index contributed by atoms with van der Waals surface area (Å²) in [6, 6.07) is 23.0. The zero-order valence-corrected chi connectivity index (χ0v) is 19.7. The van der Waals surface area contributed by atoms with Gasteiger partial charge in [-0.1, -0.05) is 42.5 Å². The summed E-state index contributed by atoms with van der Waals surface area (Å²) in [5.41, 5.74) is 2.04. The number of benzene rings is 3. The molecule has 0 aliphatic heterocycles. The normalized spacial score (nSPS) is 14.3. The summed E-state index contributed by atoms with van der Waals surface area (Å²) in [6.45, 7) is 2.21. The Hall–Kier alpha value is -3.49. The molecule has 0 unspecified atom stereocenters. The maximum absolute atomic E-state index is 12.9. The number of anilines is 2. The van der Waals surface area contributed by atoms with Gasteiger partial charge in [0.25, 0.3) is 0 Å². The molecule has 4 rings (SSSR count). The highest BCUT2D eigenvalue weighted by molar-refractivity contribution is 7.89. The van der Waals surface area contributed by atoms with Crippen molar-refractivity contribution in [3.05, 3.63) is 90.0 Å². The molecule has 0 saturated heterocycles. The van der Waals surface area contributed by atoms with Crippen LogP contribution >= 0.6 is 0 Å². The van der Waals surface area contributed by atoms with Crippen LogP contribution in [0.5, 0.6) is 0 Å². The predicted molar refractivity (Wildman–Crippen MR) is 132 cm³/mol. The molecular formula is C26H27N3O4S. The Morgan fingerprint density at radius 2 is 1.47 bits per heavy atom. The molecule has 0 spiro atoms. The Morgan fingerprint density at radius 3 is 2.09 bits per heavy atom. The third-order valence-corrected chi connectivity index (χ3v) is 7.34. The first-order valence-electron chi connectivity index (χ1n) is 11.1. The van der Waals surface area contributed by atoms with Gasteiger partial charge in [0.15, 0.2) is 0 Å². The van der Waals surface area contributed by atoms with Gasteiger partial charge in [-0.25, -0.2) is 13.1 Å². The van der Waals surface area contributed by atoms with E-state index in [1.54, 1.807) is 6.07 Å². The Kier molecular flexibility index (Phi) is 6.81. The van der Waals surface area contributed by atoms with Gasteiger partial charge < -0.3 is 10.6 Å². The van der Waals surface area contributed by atoms with Crippen LogP contribution in [-0.2, 0) is 26.0 Å². The molecular weight excluding hydrogens is 450 g/mol. The van der Waals surface area contributed by atoms with Crippen LogP contribution in [0.2, 0.25) is 0 Å². The number of rotatable bonds is 9. The molecule has 0 bridgehead atoms. The SMILES string of the molecule is Cc1cccc(NC(=O)C2(C(=O)Nc3ccc(S(=O)(=O)NCCc4ccccc4)cc3)CC2)c1. The van der Waals surface area contributed by atoms with Crippen LogP contribution < -0.4 is 15.4 Å². The molecule has 0 heterocycles. The second-order valence-corrected chi connectivity index (χ2v) is 10.3. The number of sulfonamides is 1. The molecule has 3 N–H and O–H groups in total. The van der Waals surface area contributed by atoms with Crippen molar-refractivity contribution >= 4 is 33.2 Å². The summed E-state index contributed by atoms with van der Waals surface area (Å²) >= 11 is 0. The Balaban J connectivity index is 1.34. The Labute approximate surface area is 199 Å². The summed E-state index contributed by atoms with van der Waals surface area (Å²) in [7, 11) is -3.67. The van der Waals surface area contributed by atoms with Gasteiger partial charge in [-0.2, -0.15) is 0 Å². The van der Waals surface area contributed by atoms with Crippen molar-refractivity contribution in [2.45, 2.75) is 31.1 Å². The average molecular weight is 478 g/mol. The van der Waals surface area contributed by atoms with Crippen molar-refractivity contribution in [1.82, 2.24) is 4.72 Å². The lowest BCUT2D eigenvalue weighted by atomic mass is 10.0. The fraction of sp³-hybridized carbons (Fsp3) is 0.231. The fourth-order valence-electron chi connectivity index (χ4n) is 3.68. The third-order valence-electron chi connectivity index (χ3n) is 5.87. The van der Waals surface area contributed by atoms with Gasteiger partial charge in [0.05, 0.1) is 4.90 Å². The largest absolute Gasteiger partial charge is 0.325 e. The van der Waals surface area contributed by atoms with Gasteiger partial charge in [-0.05, 0) is 73.7 Å². The number of amides is 2. The third kappa shape index (κ3) is 5.52. The highest BCUT2D eigenvalue weighted by Gasteiger charge is 2.56. The molecule has 0 aromatic heterocycles. The Bertz CT molecular complexity index is 1290. The fourth-order valence-corrected chi connectivity index (χ4v) is 4.71. The highest BCUT2D eigenvalue weighted by Crippen LogP contribution is 2.47. The van der Waals surface area contributed by atoms with Crippen LogP contribution in [0.4, 0.5) is 11.4 Å². The van der Waals surface area contributed by atoms with Crippen LogP contribution in [0.3, 0.4) is 0 Å². The molecule has 1 saturated carbocycles. The number of carbonyl (C=O) groups is 2. The lowest BCUT2D eigenvalue weighted by Gasteiger charge is -2.16. The topological polar surface area (TPSA) is 104 Å². The second-order valence-electron chi connectivity index (χ2n) is 8.52. The van der Waals surface area contributed by atoms with Gasteiger partial charge in [0.2, 0.25) is 21.8 Å². The quantitative estimate of drug-likeness (QED) is 0.407. The molecule has 1 aliphatic carbocycles. The molecule has 1 aliphatic rings. The summed E-state index contributed by atoms with van der Waals surface area (Å²) in [5, 5.41) is 5.58. The number of carbonyl (C=O) groups excluding carboxylic acids is 2. The smallest absolute Gasteiger partial charge is 0.240 e. The number of aryl methyl sites for hydroxylation is 1. The maximum Gasteiger partial charge on any atom is 0.240 e. The van der Waals surface area contributed by atoms with Crippen LogP contribution in [0.15, 0.2) is 83.8 Å². The standard InChI is InChI=1S/C26H27N3O4S/c1-19-6-5-9-22(18-19)29-25(31)26(15-16-26)24(30)28-21-10-12-23(13-11-21)34(32,33)27-17-14-20-7-3-2-4-8-20/h2-13,18,27H,14-17H2,1H3,(H,28,30)(H,29,31). The van der Waals surface area contributed by atoms with E-state index in [4.69, 9.17) is 0 Å². The number of hydrogen-bond acceptors (Lipinski definition) is 4. The van der Waals surface area contributed by atoms with Crippen molar-refractivity contribution in [3.8, 4) is 0 Å². The molecule has 3 aromatic carbocycles. The second kappa shape index (κ2) is 9.79. The van der Waals surface area contributed by atoms with E-state index in [-0.39, 0.29) is 17.3 Å². The first-order valence-corrected chi connectivity index (χ1v) is 12.6. The predicted octanol–water partition coefficient (Wildman–Crippen LogP) is 3.87. The minimum Gasteiger partial charge on any atom is -0.325 e. The van der Waals surface area contributed by atoms with E-state index in [9.17, 15) is 18.0 Å². The number of nitrogens with one attached hydrogen (secondary N) is 3. The van der Waals surface area contributed by atoms with E-state index in [2.05, 4.69) is 15.4 Å². The van der Waals surface area contributed by atoms with E-state index in [1.165, 1.54) is 24.3 Å². The minimum atomic E-state index is -3.67. The Morgan fingerprint density at radius 1 is 0.824 bits per heavy atom. The summed E-state index contributed by atoms with van der Waals surface area (Å²) < 4.78 is 27.7. The molecule has 7 nitrogen and oxygen atoms in total. The van der Waals surface area contributed by atoms with Crippen LogP contribution in [-0.4, -0.2) is 26.8 Å². The van der Waals surface area contributed by atoms with Gasteiger partial charge in [-0.15, -0.1) is 0 Å². The molecule has 1 fully saturated rings. The monoisotopic (exact) mass is 477 g/mol. The van der Waals surface area contributed by atoms with Gasteiger partial charge in [0, 0.05) is 17.9 Å². The lowest BCUT2D eigenvalue weighted by Crippen LogP contribution is -2.35. The molecule has 3 aromatic rings. The zero-order valence-electron chi connectivity index (χ0n) is 18.9. The van der Waals surface area contributed by atoms with Crippen molar-refractivity contribution < 1.29 is 18.0 Å².